The van der Waals surface area contributed by atoms with Crippen LogP contribution in [0.15, 0.2) is 72.8 Å². The van der Waals surface area contributed by atoms with E-state index in [-0.39, 0.29) is 5.75 Å². The number of hydrogen-bond acceptors (Lipinski definition) is 5. The van der Waals surface area contributed by atoms with Crippen molar-refractivity contribution in [2.24, 2.45) is 0 Å². The van der Waals surface area contributed by atoms with Gasteiger partial charge in [-0.15, -0.1) is 13.2 Å². The van der Waals surface area contributed by atoms with Crippen molar-refractivity contribution in [3.63, 3.8) is 0 Å². The molecule has 186 valence electrons. The van der Waals surface area contributed by atoms with E-state index in [1.54, 1.807) is 42.5 Å². The van der Waals surface area contributed by atoms with Crippen LogP contribution in [-0.2, 0) is 16.6 Å². The summed E-state index contributed by atoms with van der Waals surface area (Å²) in [7, 11) is -3.16. The molecule has 0 atom stereocenters. The van der Waals surface area contributed by atoms with E-state index >= 15 is 0 Å². The molecule has 1 fully saturated rings. The minimum Gasteiger partial charge on any atom is -0.405 e. The van der Waals surface area contributed by atoms with Gasteiger partial charge in [-0.2, -0.15) is 4.31 Å². The topological polar surface area (TPSA) is 61.9 Å². The van der Waals surface area contributed by atoms with E-state index in [1.165, 1.54) is 16.6 Å². The van der Waals surface area contributed by atoms with Gasteiger partial charge in [0.05, 0.1) is 6.26 Å². The number of ether oxygens (including phenoxy) is 1. The Labute approximate surface area is 203 Å². The van der Waals surface area contributed by atoms with Gasteiger partial charge < -0.3 is 10.1 Å². The fourth-order valence-electron chi connectivity index (χ4n) is 4.00. The van der Waals surface area contributed by atoms with Gasteiger partial charge in [0.15, 0.2) is 0 Å². The van der Waals surface area contributed by atoms with Crippen molar-refractivity contribution >= 4 is 21.4 Å². The van der Waals surface area contributed by atoms with Gasteiger partial charge in [-0.3, -0.25) is 4.90 Å². The van der Waals surface area contributed by atoms with Gasteiger partial charge in [0, 0.05) is 49.7 Å². The van der Waals surface area contributed by atoms with Crippen molar-refractivity contribution in [2.75, 3.05) is 37.8 Å². The third-order valence-electron chi connectivity index (χ3n) is 5.74. The summed E-state index contributed by atoms with van der Waals surface area (Å²) in [6, 6.07) is 21.0. The van der Waals surface area contributed by atoms with Gasteiger partial charge in [-0.1, -0.05) is 42.5 Å². The summed E-state index contributed by atoms with van der Waals surface area (Å²) in [5.74, 6) is -0.263. The first-order valence-corrected chi connectivity index (χ1v) is 12.9. The Morgan fingerprint density at radius 1 is 0.886 bits per heavy atom. The molecule has 0 spiro atoms. The Hall–Kier alpha value is -3.08. The third-order valence-corrected chi connectivity index (χ3v) is 7.04. The molecule has 0 radical (unpaired) electrons. The highest BCUT2D eigenvalue weighted by atomic mass is 32.2. The molecule has 1 aliphatic heterocycles. The molecule has 1 N–H and O–H groups in total. The standard InChI is InChI=1S/C25H26F3N3O3S/c1-35(32,33)31-15-13-30(14-16-31)18-19-7-9-21(10-8-19)29-22-11-12-24(34-25(26,27)28)23(17-22)20-5-3-2-4-6-20/h2-12,17,29H,13-16,18H2,1H3. The Balaban J connectivity index is 1.44. The normalized spacial score (nSPS) is 15.7. The zero-order valence-electron chi connectivity index (χ0n) is 19.1. The van der Waals surface area contributed by atoms with E-state index in [0.29, 0.717) is 49.5 Å². The molecule has 0 bridgehead atoms. The van der Waals surface area contributed by atoms with Crippen LogP contribution < -0.4 is 10.1 Å². The van der Waals surface area contributed by atoms with Crippen LogP contribution in [0.3, 0.4) is 0 Å². The lowest BCUT2D eigenvalue weighted by molar-refractivity contribution is -0.274. The summed E-state index contributed by atoms with van der Waals surface area (Å²) in [5, 5.41) is 3.23. The lowest BCUT2D eigenvalue weighted by Crippen LogP contribution is -2.47. The second-order valence-electron chi connectivity index (χ2n) is 8.38. The average molecular weight is 506 g/mol. The van der Waals surface area contributed by atoms with Crippen molar-refractivity contribution in [3.05, 3.63) is 78.4 Å². The number of alkyl halides is 3. The fraction of sp³-hybridized carbons (Fsp3) is 0.280. The maximum absolute atomic E-state index is 12.9. The molecule has 0 saturated carbocycles. The van der Waals surface area contributed by atoms with Crippen LogP contribution in [0.4, 0.5) is 24.5 Å². The van der Waals surface area contributed by atoms with E-state index in [0.717, 1.165) is 11.3 Å². The Morgan fingerprint density at radius 2 is 1.51 bits per heavy atom. The van der Waals surface area contributed by atoms with Gasteiger partial charge in [0.2, 0.25) is 10.0 Å². The van der Waals surface area contributed by atoms with Crippen LogP contribution in [0.1, 0.15) is 5.56 Å². The second kappa shape index (κ2) is 10.3. The molecule has 4 rings (SSSR count). The highest BCUT2D eigenvalue weighted by Gasteiger charge is 2.32. The van der Waals surface area contributed by atoms with E-state index in [2.05, 4.69) is 15.0 Å². The maximum Gasteiger partial charge on any atom is 0.573 e. The Bertz CT molecular complexity index is 1240. The number of hydrogen-bond donors (Lipinski definition) is 1. The monoisotopic (exact) mass is 505 g/mol. The number of benzene rings is 3. The Kier molecular flexibility index (Phi) is 7.34. The highest BCUT2D eigenvalue weighted by molar-refractivity contribution is 7.88. The first kappa shape index (κ1) is 25.0. The molecule has 0 amide bonds. The molecular formula is C25H26F3N3O3S. The molecule has 6 nitrogen and oxygen atoms in total. The van der Waals surface area contributed by atoms with E-state index in [1.807, 2.05) is 24.3 Å². The summed E-state index contributed by atoms with van der Waals surface area (Å²) >= 11 is 0. The predicted octanol–water partition coefficient (Wildman–Crippen LogP) is 5.07. The lowest BCUT2D eigenvalue weighted by atomic mass is 10.0. The number of nitrogens with one attached hydrogen (secondary N) is 1. The number of halogens is 3. The zero-order chi connectivity index (χ0) is 25.1. The smallest absolute Gasteiger partial charge is 0.405 e. The van der Waals surface area contributed by atoms with E-state index < -0.39 is 16.4 Å². The summed E-state index contributed by atoms with van der Waals surface area (Å²) in [6.45, 7) is 3.01. The van der Waals surface area contributed by atoms with Crippen LogP contribution in [0.5, 0.6) is 5.75 Å². The van der Waals surface area contributed by atoms with E-state index in [9.17, 15) is 21.6 Å². The van der Waals surface area contributed by atoms with Gasteiger partial charge in [0.1, 0.15) is 5.75 Å². The third kappa shape index (κ3) is 6.97. The van der Waals surface area contributed by atoms with Crippen molar-refractivity contribution in [3.8, 4) is 16.9 Å². The largest absolute Gasteiger partial charge is 0.573 e. The molecular weight excluding hydrogens is 479 g/mol. The fourth-order valence-corrected chi connectivity index (χ4v) is 4.83. The number of rotatable bonds is 7. The van der Waals surface area contributed by atoms with Gasteiger partial charge in [0.25, 0.3) is 0 Å². The molecule has 3 aromatic carbocycles. The first-order chi connectivity index (χ1) is 16.6. The number of piperazine rings is 1. The van der Waals surface area contributed by atoms with Crippen molar-refractivity contribution in [2.45, 2.75) is 12.9 Å². The highest BCUT2D eigenvalue weighted by Crippen LogP contribution is 2.36. The zero-order valence-corrected chi connectivity index (χ0v) is 19.9. The SMILES string of the molecule is CS(=O)(=O)N1CCN(Cc2ccc(Nc3ccc(OC(F)(F)F)c(-c4ccccc4)c3)cc2)CC1. The second-order valence-corrected chi connectivity index (χ2v) is 10.4. The quantitative estimate of drug-likeness (QED) is 0.486. The minimum atomic E-state index is -4.79. The minimum absolute atomic E-state index is 0.263. The molecule has 10 heteroatoms. The Morgan fingerprint density at radius 3 is 2.11 bits per heavy atom. The van der Waals surface area contributed by atoms with Gasteiger partial charge in [-0.25, -0.2) is 8.42 Å². The summed E-state index contributed by atoms with van der Waals surface area (Å²) in [6.07, 6.45) is -3.56. The van der Waals surface area contributed by atoms with Crippen LogP contribution >= 0.6 is 0 Å². The lowest BCUT2D eigenvalue weighted by Gasteiger charge is -2.33. The van der Waals surface area contributed by atoms with Gasteiger partial charge in [-0.05, 0) is 41.5 Å². The van der Waals surface area contributed by atoms with Crippen molar-refractivity contribution < 1.29 is 26.3 Å². The summed E-state index contributed by atoms with van der Waals surface area (Å²) < 4.78 is 67.7. The number of nitrogens with zero attached hydrogens (tertiary/aromatic N) is 2. The van der Waals surface area contributed by atoms with Gasteiger partial charge >= 0.3 is 6.36 Å². The maximum atomic E-state index is 12.9. The molecule has 3 aromatic rings. The molecule has 1 saturated heterocycles. The predicted molar refractivity (Wildman–Crippen MR) is 130 cm³/mol. The van der Waals surface area contributed by atoms with Crippen LogP contribution in [0, 0.1) is 0 Å². The van der Waals surface area contributed by atoms with Crippen LogP contribution in [-0.4, -0.2) is 56.4 Å². The molecule has 0 aromatic heterocycles. The first-order valence-electron chi connectivity index (χ1n) is 11.1. The molecule has 0 unspecified atom stereocenters. The van der Waals surface area contributed by atoms with Crippen molar-refractivity contribution in [1.29, 1.82) is 0 Å². The molecule has 35 heavy (non-hydrogen) atoms. The summed E-state index contributed by atoms with van der Waals surface area (Å²) in [5.41, 5.74) is 3.45. The van der Waals surface area contributed by atoms with Crippen molar-refractivity contribution in [1.82, 2.24) is 9.21 Å². The molecule has 1 aliphatic rings. The van der Waals surface area contributed by atoms with Crippen LogP contribution in [0.25, 0.3) is 11.1 Å². The number of sulfonamides is 1. The summed E-state index contributed by atoms with van der Waals surface area (Å²) in [4.78, 5) is 2.20. The molecule has 0 aliphatic carbocycles. The van der Waals surface area contributed by atoms with Crippen LogP contribution in [0.2, 0.25) is 0 Å². The average Bonchev–Trinajstić information content (AvgIpc) is 2.81. The van der Waals surface area contributed by atoms with E-state index in [4.69, 9.17) is 0 Å². The number of anilines is 2. The molecule has 1 heterocycles.